The molecule has 2 rings (SSSR count). The van der Waals surface area contributed by atoms with E-state index in [0.717, 1.165) is 12.0 Å². The van der Waals surface area contributed by atoms with Gasteiger partial charge in [0, 0.05) is 5.56 Å². The number of aryl methyl sites for hydroxylation is 1. The second-order valence-electron chi connectivity index (χ2n) is 4.90. The molecule has 0 radical (unpaired) electrons. The van der Waals surface area contributed by atoms with Crippen LogP contribution in [-0.4, -0.2) is 29.3 Å². The summed E-state index contributed by atoms with van der Waals surface area (Å²) in [5.74, 6) is 0.422. The lowest BCUT2D eigenvalue weighted by molar-refractivity contribution is 0.0701. The van der Waals surface area contributed by atoms with Crippen LogP contribution < -0.4 is 9.47 Å². The molecule has 0 fully saturated rings. The number of carbonyl (C=O) groups is 1. The van der Waals surface area contributed by atoms with Gasteiger partial charge in [-0.2, -0.15) is 0 Å². The maximum atomic E-state index is 11.3. The number of hydrogen-bond acceptors (Lipinski definition) is 5. The van der Waals surface area contributed by atoms with Crippen LogP contribution >= 0.6 is 11.3 Å². The first-order chi connectivity index (χ1) is 11.1. The van der Waals surface area contributed by atoms with Crippen molar-refractivity contribution in [3.05, 3.63) is 28.8 Å². The van der Waals surface area contributed by atoms with E-state index in [4.69, 9.17) is 9.47 Å². The SMILES string of the molecule is CCCOc1ccc(-c2nc(CC)c(C(=O)O)s2)cc1OCC. The largest absolute Gasteiger partial charge is 0.490 e. The van der Waals surface area contributed by atoms with Crippen molar-refractivity contribution in [1.29, 1.82) is 0 Å². The summed E-state index contributed by atoms with van der Waals surface area (Å²) in [6, 6.07) is 5.60. The highest BCUT2D eigenvalue weighted by atomic mass is 32.1. The maximum absolute atomic E-state index is 11.3. The number of nitrogens with zero attached hydrogens (tertiary/aromatic N) is 1. The van der Waals surface area contributed by atoms with E-state index >= 15 is 0 Å². The average molecular weight is 335 g/mol. The van der Waals surface area contributed by atoms with Crippen LogP contribution in [0.15, 0.2) is 18.2 Å². The zero-order chi connectivity index (χ0) is 16.8. The monoisotopic (exact) mass is 335 g/mol. The van der Waals surface area contributed by atoms with Crippen LogP contribution in [-0.2, 0) is 6.42 Å². The van der Waals surface area contributed by atoms with Crippen molar-refractivity contribution in [2.75, 3.05) is 13.2 Å². The molecule has 5 nitrogen and oxygen atoms in total. The highest BCUT2D eigenvalue weighted by Gasteiger charge is 2.18. The van der Waals surface area contributed by atoms with Crippen LogP contribution in [0.5, 0.6) is 11.5 Å². The Bertz CT molecular complexity index is 681. The first kappa shape index (κ1) is 17.3. The van der Waals surface area contributed by atoms with Crippen molar-refractivity contribution in [2.24, 2.45) is 0 Å². The van der Waals surface area contributed by atoms with Crippen LogP contribution in [0.25, 0.3) is 10.6 Å². The van der Waals surface area contributed by atoms with Gasteiger partial charge in [0.05, 0.1) is 18.9 Å². The van der Waals surface area contributed by atoms with Gasteiger partial charge in [-0.05, 0) is 38.0 Å². The number of aromatic nitrogens is 1. The second-order valence-corrected chi connectivity index (χ2v) is 5.90. The predicted molar refractivity (Wildman–Crippen MR) is 90.8 cm³/mol. The highest BCUT2D eigenvalue weighted by Crippen LogP contribution is 2.35. The lowest BCUT2D eigenvalue weighted by Gasteiger charge is -2.12. The molecule has 0 saturated heterocycles. The Morgan fingerprint density at radius 2 is 2.00 bits per heavy atom. The lowest BCUT2D eigenvalue weighted by atomic mass is 10.2. The van der Waals surface area contributed by atoms with E-state index in [2.05, 4.69) is 4.98 Å². The smallest absolute Gasteiger partial charge is 0.347 e. The molecule has 6 heteroatoms. The van der Waals surface area contributed by atoms with E-state index in [-0.39, 0.29) is 0 Å². The Balaban J connectivity index is 2.39. The van der Waals surface area contributed by atoms with E-state index < -0.39 is 5.97 Å². The summed E-state index contributed by atoms with van der Waals surface area (Å²) < 4.78 is 11.3. The molecule has 0 spiro atoms. The summed E-state index contributed by atoms with van der Waals surface area (Å²) in [5, 5.41) is 9.95. The van der Waals surface area contributed by atoms with E-state index in [0.29, 0.717) is 46.7 Å². The number of thiazole rings is 1. The van der Waals surface area contributed by atoms with Crippen molar-refractivity contribution >= 4 is 17.3 Å². The molecular formula is C17H21NO4S. The lowest BCUT2D eigenvalue weighted by Crippen LogP contribution is -2.00. The molecule has 1 heterocycles. The summed E-state index contributed by atoms with van der Waals surface area (Å²) in [5.41, 5.74) is 1.45. The van der Waals surface area contributed by atoms with Gasteiger partial charge in [0.2, 0.25) is 0 Å². The molecule has 0 amide bonds. The van der Waals surface area contributed by atoms with Crippen molar-refractivity contribution in [3.8, 4) is 22.1 Å². The molecule has 124 valence electrons. The molecule has 2 aromatic rings. The zero-order valence-electron chi connectivity index (χ0n) is 13.6. The Hall–Kier alpha value is -2.08. The van der Waals surface area contributed by atoms with Crippen LogP contribution in [0.2, 0.25) is 0 Å². The summed E-state index contributed by atoms with van der Waals surface area (Å²) in [6.45, 7) is 7.02. The third-order valence-corrected chi connectivity index (χ3v) is 4.31. The van der Waals surface area contributed by atoms with Crippen LogP contribution in [0.3, 0.4) is 0 Å². The van der Waals surface area contributed by atoms with E-state index in [1.54, 1.807) is 0 Å². The summed E-state index contributed by atoms with van der Waals surface area (Å²) >= 11 is 1.19. The Morgan fingerprint density at radius 1 is 1.22 bits per heavy atom. The molecule has 0 atom stereocenters. The van der Waals surface area contributed by atoms with E-state index in [9.17, 15) is 9.90 Å². The molecule has 1 aromatic carbocycles. The molecule has 0 unspecified atom stereocenters. The fourth-order valence-electron chi connectivity index (χ4n) is 2.12. The van der Waals surface area contributed by atoms with Gasteiger partial charge >= 0.3 is 5.97 Å². The number of ether oxygens (including phenoxy) is 2. The van der Waals surface area contributed by atoms with Gasteiger partial charge in [-0.15, -0.1) is 11.3 Å². The number of carboxylic acids is 1. The van der Waals surface area contributed by atoms with Gasteiger partial charge in [-0.1, -0.05) is 13.8 Å². The third-order valence-electron chi connectivity index (χ3n) is 3.18. The fraction of sp³-hybridized carbons (Fsp3) is 0.412. The minimum Gasteiger partial charge on any atom is -0.490 e. The number of aromatic carboxylic acids is 1. The molecule has 0 saturated carbocycles. The van der Waals surface area contributed by atoms with Crippen LogP contribution in [0.1, 0.15) is 42.6 Å². The molecule has 1 N–H and O–H groups in total. The number of benzene rings is 1. The maximum Gasteiger partial charge on any atom is 0.347 e. The predicted octanol–water partition coefficient (Wildman–Crippen LogP) is 4.26. The summed E-state index contributed by atoms with van der Waals surface area (Å²) in [4.78, 5) is 16.0. The third kappa shape index (κ3) is 4.01. The fourth-order valence-corrected chi connectivity index (χ4v) is 3.11. The molecule has 0 bridgehead atoms. The quantitative estimate of drug-likeness (QED) is 0.780. The molecule has 0 aliphatic rings. The Labute approximate surface area is 139 Å². The van der Waals surface area contributed by atoms with Gasteiger partial charge < -0.3 is 14.6 Å². The molecule has 0 aliphatic heterocycles. The average Bonchev–Trinajstić information content (AvgIpc) is 2.98. The minimum atomic E-state index is -0.932. The van der Waals surface area contributed by atoms with E-state index in [1.807, 2.05) is 39.0 Å². The summed E-state index contributed by atoms with van der Waals surface area (Å²) in [7, 11) is 0. The normalized spacial score (nSPS) is 10.6. The van der Waals surface area contributed by atoms with Gasteiger partial charge in [0.15, 0.2) is 11.5 Å². The van der Waals surface area contributed by atoms with Crippen molar-refractivity contribution in [2.45, 2.75) is 33.6 Å². The topological polar surface area (TPSA) is 68.7 Å². The second kappa shape index (κ2) is 7.97. The zero-order valence-corrected chi connectivity index (χ0v) is 14.4. The summed E-state index contributed by atoms with van der Waals surface area (Å²) in [6.07, 6.45) is 1.51. The van der Waals surface area contributed by atoms with Crippen molar-refractivity contribution in [3.63, 3.8) is 0 Å². The number of hydrogen-bond donors (Lipinski definition) is 1. The number of rotatable bonds is 8. The first-order valence-corrected chi connectivity index (χ1v) is 8.55. The van der Waals surface area contributed by atoms with Crippen LogP contribution in [0, 0.1) is 0 Å². The molecular weight excluding hydrogens is 314 g/mol. The van der Waals surface area contributed by atoms with E-state index in [1.165, 1.54) is 11.3 Å². The minimum absolute atomic E-state index is 0.298. The van der Waals surface area contributed by atoms with Crippen molar-refractivity contribution < 1.29 is 19.4 Å². The van der Waals surface area contributed by atoms with Crippen molar-refractivity contribution in [1.82, 2.24) is 4.98 Å². The first-order valence-electron chi connectivity index (χ1n) is 7.73. The number of carboxylic acid groups (broad SMARTS) is 1. The molecule has 23 heavy (non-hydrogen) atoms. The van der Waals surface area contributed by atoms with Gasteiger partial charge in [-0.25, -0.2) is 9.78 Å². The Morgan fingerprint density at radius 3 is 2.57 bits per heavy atom. The van der Waals surface area contributed by atoms with Gasteiger partial charge in [0.1, 0.15) is 9.88 Å². The van der Waals surface area contributed by atoms with Gasteiger partial charge in [0.25, 0.3) is 0 Å². The van der Waals surface area contributed by atoms with Gasteiger partial charge in [-0.3, -0.25) is 0 Å². The Kier molecular flexibility index (Phi) is 5.98. The van der Waals surface area contributed by atoms with Crippen LogP contribution in [0.4, 0.5) is 0 Å². The molecule has 0 aliphatic carbocycles. The highest BCUT2D eigenvalue weighted by molar-refractivity contribution is 7.17. The molecule has 1 aromatic heterocycles. The standard InChI is InChI=1S/C17H21NO4S/c1-4-9-22-13-8-7-11(10-14(13)21-6-3)16-18-12(5-2)15(23-16)17(19)20/h7-8,10H,4-6,9H2,1-3H3,(H,19,20).